The molecule has 0 bridgehead atoms. The molecule has 328 valence electrons. The van der Waals surface area contributed by atoms with Gasteiger partial charge in [0.15, 0.2) is 16.6 Å². The molecule has 1 N–H and O–H groups in total. The van der Waals surface area contributed by atoms with Crippen LogP contribution in [0, 0.1) is 29.1 Å². The van der Waals surface area contributed by atoms with Gasteiger partial charge in [-0.15, -0.1) is 0 Å². The van der Waals surface area contributed by atoms with Crippen molar-refractivity contribution in [2.75, 3.05) is 6.54 Å². The highest BCUT2D eigenvalue weighted by atomic mass is 28.4. The molecule has 4 fully saturated rings. The molecule has 0 aliphatic heterocycles. The molecule has 1 amide bonds. The van der Waals surface area contributed by atoms with Crippen LogP contribution in [-0.4, -0.2) is 46.5 Å². The predicted molar refractivity (Wildman–Crippen MR) is 245 cm³/mol. The van der Waals surface area contributed by atoms with E-state index in [-0.39, 0.29) is 33.8 Å². The van der Waals surface area contributed by atoms with Crippen molar-refractivity contribution in [3.63, 3.8) is 0 Å². The number of allylic oxidation sites excluding steroid dienone is 3. The fourth-order valence-corrected chi connectivity index (χ4v) is 12.9. The molecule has 1 aromatic rings. The van der Waals surface area contributed by atoms with Crippen LogP contribution in [-0.2, 0) is 25.6 Å². The molecule has 5 rings (SSSR count). The van der Waals surface area contributed by atoms with Gasteiger partial charge in [0.25, 0.3) is 0 Å². The van der Waals surface area contributed by atoms with Gasteiger partial charge in [-0.05, 0) is 148 Å². The standard InChI is InChI=1S/C49H84N2O5Si2/c1-16-18-21-39-33-51-44(53-39)49(56-58(14,15)47(8,9)10)31-38(35(4)43(32-49)55-57(12,13)46(5,6)7)26-23-36-20-19-30-48(11)40(27-28-41(36)48)34(3)22-29-42(37-24-25-37)54-45(52)50-17-2/h23,26,33-34,37,40-43H,4,16-22,24-25,27-32H2,1-3,5-15H3,(H,50,52)/t34-,40-,41+,42-,43+,48-,49-/m1/s1. The normalized spacial score (nSPS) is 29.8. The number of hydrogen-bond donors (Lipinski definition) is 1. The third kappa shape index (κ3) is 10.6. The van der Waals surface area contributed by atoms with E-state index in [0.717, 1.165) is 49.9 Å². The van der Waals surface area contributed by atoms with E-state index in [1.165, 1.54) is 44.1 Å². The molecule has 58 heavy (non-hydrogen) atoms. The number of alkyl carbamates (subject to hydrolysis) is 1. The Morgan fingerprint density at radius 1 is 1.03 bits per heavy atom. The summed E-state index contributed by atoms with van der Waals surface area (Å²) in [6, 6.07) is 0. The van der Waals surface area contributed by atoms with E-state index < -0.39 is 22.2 Å². The second-order valence-corrected chi connectivity index (χ2v) is 31.7. The maximum atomic E-state index is 12.4. The number of oxazole rings is 1. The number of hydrogen-bond acceptors (Lipinski definition) is 6. The lowest BCUT2D eigenvalue weighted by atomic mass is 9.60. The fourth-order valence-electron chi connectivity index (χ4n) is 10.1. The molecule has 9 heteroatoms. The first-order chi connectivity index (χ1) is 27.0. The first kappa shape index (κ1) is 47.1. The predicted octanol–water partition coefficient (Wildman–Crippen LogP) is 14.0. The van der Waals surface area contributed by atoms with E-state index >= 15 is 0 Å². The van der Waals surface area contributed by atoms with Crippen molar-refractivity contribution >= 4 is 22.7 Å². The molecule has 0 radical (unpaired) electrons. The summed E-state index contributed by atoms with van der Waals surface area (Å²) < 4.78 is 27.7. The van der Waals surface area contributed by atoms with Crippen molar-refractivity contribution in [3.8, 4) is 0 Å². The average Bonchev–Trinajstić information content (AvgIpc) is 3.74. The summed E-state index contributed by atoms with van der Waals surface area (Å²) >= 11 is 0. The highest BCUT2D eigenvalue weighted by Crippen LogP contribution is 2.60. The van der Waals surface area contributed by atoms with Crippen LogP contribution in [0.2, 0.25) is 36.3 Å². The van der Waals surface area contributed by atoms with Crippen molar-refractivity contribution in [1.82, 2.24) is 10.3 Å². The maximum Gasteiger partial charge on any atom is 0.407 e. The van der Waals surface area contributed by atoms with E-state index in [2.05, 4.69) is 106 Å². The maximum absolute atomic E-state index is 12.4. The topological polar surface area (TPSA) is 82.8 Å². The zero-order chi connectivity index (χ0) is 42.9. The van der Waals surface area contributed by atoms with Gasteiger partial charge in [0, 0.05) is 25.8 Å². The molecule has 4 aliphatic rings. The van der Waals surface area contributed by atoms with E-state index in [1.807, 2.05) is 13.1 Å². The number of carbonyl (C=O) groups excluding carboxylic acids is 1. The van der Waals surface area contributed by atoms with Gasteiger partial charge in [-0.1, -0.05) is 93.0 Å². The lowest BCUT2D eigenvalue weighted by Crippen LogP contribution is -2.53. The monoisotopic (exact) mass is 837 g/mol. The van der Waals surface area contributed by atoms with Gasteiger partial charge >= 0.3 is 6.09 Å². The SMILES string of the molecule is C=C1C(=CC=C2CCC[C@]3(C)[C@@H]([C@H](C)CC[C@@H](OC(=O)NCC)C4CC4)CC[C@@H]23)C[C@](O[Si](C)(C)C(C)(C)C)(c2ncc(CCCC)o2)C[C@@H]1O[Si](C)(C)C(C)(C)C. The van der Waals surface area contributed by atoms with Crippen LogP contribution >= 0.6 is 0 Å². The lowest BCUT2D eigenvalue weighted by molar-refractivity contribution is -0.0234. The third-order valence-electron chi connectivity index (χ3n) is 15.9. The Hall–Kier alpha value is -1.95. The van der Waals surface area contributed by atoms with Gasteiger partial charge in [-0.2, -0.15) is 0 Å². The summed E-state index contributed by atoms with van der Waals surface area (Å²) in [7, 11) is -4.51. The molecule has 7 atom stereocenters. The van der Waals surface area contributed by atoms with Crippen LogP contribution in [0.3, 0.4) is 0 Å². The Balaban J connectivity index is 1.47. The van der Waals surface area contributed by atoms with E-state index in [1.54, 1.807) is 5.57 Å². The highest BCUT2D eigenvalue weighted by molar-refractivity contribution is 6.74. The number of unbranched alkanes of at least 4 members (excludes halogenated alkanes) is 1. The smallest absolute Gasteiger partial charge is 0.407 e. The van der Waals surface area contributed by atoms with Crippen LogP contribution < -0.4 is 5.32 Å². The van der Waals surface area contributed by atoms with Gasteiger partial charge in [0.1, 0.15) is 17.5 Å². The quantitative estimate of drug-likeness (QED) is 0.167. The molecule has 7 nitrogen and oxygen atoms in total. The highest BCUT2D eigenvalue weighted by Gasteiger charge is 2.54. The molecule has 1 heterocycles. The lowest BCUT2D eigenvalue weighted by Gasteiger charge is -2.50. The molecule has 0 saturated heterocycles. The third-order valence-corrected chi connectivity index (χ3v) is 24.9. The van der Waals surface area contributed by atoms with E-state index in [9.17, 15) is 4.79 Å². The zero-order valence-corrected chi connectivity index (χ0v) is 41.5. The van der Waals surface area contributed by atoms with Gasteiger partial charge in [-0.3, -0.25) is 0 Å². The Morgan fingerprint density at radius 3 is 2.34 bits per heavy atom. The van der Waals surface area contributed by atoms with Gasteiger partial charge in [-0.25, -0.2) is 9.78 Å². The second-order valence-electron chi connectivity index (χ2n) is 22.3. The molecule has 0 spiro atoms. The molecule has 0 unspecified atom stereocenters. The van der Waals surface area contributed by atoms with Crippen molar-refractivity contribution < 1.29 is 22.8 Å². The summed E-state index contributed by atoms with van der Waals surface area (Å²) in [5.74, 6) is 4.03. The first-order valence-corrected chi connectivity index (χ1v) is 29.1. The Morgan fingerprint density at radius 2 is 1.72 bits per heavy atom. The summed E-state index contributed by atoms with van der Waals surface area (Å²) in [5, 5.41) is 2.90. The average molecular weight is 837 g/mol. The van der Waals surface area contributed by atoms with Crippen LogP contribution in [0.5, 0.6) is 0 Å². The van der Waals surface area contributed by atoms with Crippen molar-refractivity contribution in [3.05, 3.63) is 53.3 Å². The molecular formula is C49H84N2O5Si2. The second kappa shape index (κ2) is 18.2. The van der Waals surface area contributed by atoms with Crippen molar-refractivity contribution in [2.24, 2.45) is 29.1 Å². The van der Waals surface area contributed by atoms with Gasteiger partial charge < -0.3 is 23.3 Å². The fraction of sp³-hybridized carbons (Fsp3) is 0.796. The van der Waals surface area contributed by atoms with Crippen LogP contribution in [0.1, 0.15) is 164 Å². The molecular weight excluding hydrogens is 753 g/mol. The van der Waals surface area contributed by atoms with Crippen molar-refractivity contribution in [2.45, 2.75) is 213 Å². The Kier molecular flexibility index (Phi) is 14.8. The van der Waals surface area contributed by atoms with Gasteiger partial charge in [0.05, 0.1) is 12.3 Å². The Labute approximate surface area is 356 Å². The summed E-state index contributed by atoms with van der Waals surface area (Å²) in [6.45, 7) is 38.0. The number of nitrogens with zero attached hydrogens (tertiary/aromatic N) is 1. The van der Waals surface area contributed by atoms with Crippen molar-refractivity contribution in [1.29, 1.82) is 0 Å². The number of aryl methyl sites for hydroxylation is 1. The minimum Gasteiger partial charge on any atom is -0.446 e. The summed E-state index contributed by atoms with van der Waals surface area (Å²) in [5.41, 5.74) is 3.42. The summed E-state index contributed by atoms with van der Waals surface area (Å²) in [4.78, 5) is 17.4. The van der Waals surface area contributed by atoms with Crippen LogP contribution in [0.15, 0.2) is 46.1 Å². The van der Waals surface area contributed by atoms with Crippen LogP contribution in [0.25, 0.3) is 0 Å². The minimum absolute atomic E-state index is 0.00591. The number of aromatic nitrogens is 1. The zero-order valence-electron chi connectivity index (χ0n) is 39.5. The molecule has 4 aliphatic carbocycles. The number of fused-ring (bicyclic) bond motifs is 1. The number of ether oxygens (including phenoxy) is 1. The number of carbonyl (C=O) groups is 1. The van der Waals surface area contributed by atoms with E-state index in [4.69, 9.17) is 29.6 Å². The number of amides is 1. The van der Waals surface area contributed by atoms with Gasteiger partial charge in [0.2, 0.25) is 5.89 Å². The van der Waals surface area contributed by atoms with Crippen LogP contribution in [0.4, 0.5) is 4.79 Å². The minimum atomic E-state index is -2.31. The first-order valence-electron chi connectivity index (χ1n) is 23.3. The number of rotatable bonds is 16. The number of nitrogens with one attached hydrogen (secondary N) is 1. The molecule has 4 saturated carbocycles. The largest absolute Gasteiger partial charge is 0.446 e. The Bertz CT molecular complexity index is 1640. The molecule has 1 aromatic heterocycles. The summed E-state index contributed by atoms with van der Waals surface area (Å²) in [6.07, 6.45) is 21.5. The molecule has 0 aromatic carbocycles. The van der Waals surface area contributed by atoms with E-state index in [0.29, 0.717) is 48.9 Å².